The van der Waals surface area contributed by atoms with Crippen molar-refractivity contribution in [2.45, 2.75) is 5.75 Å². The maximum atomic E-state index is 12.1. The molecular weight excluding hydrogens is 394 g/mol. The monoisotopic (exact) mass is 411 g/mol. The summed E-state index contributed by atoms with van der Waals surface area (Å²) >= 11 is 0. The van der Waals surface area contributed by atoms with E-state index in [1.165, 1.54) is 14.2 Å². The maximum absolute atomic E-state index is 12.1. The van der Waals surface area contributed by atoms with E-state index in [2.05, 4.69) is 10.2 Å². The van der Waals surface area contributed by atoms with Gasteiger partial charge in [0, 0.05) is 10.9 Å². The molecule has 0 atom stereocenters. The van der Waals surface area contributed by atoms with Crippen molar-refractivity contribution in [3.8, 4) is 22.8 Å². The van der Waals surface area contributed by atoms with Gasteiger partial charge in [-0.3, -0.25) is 4.79 Å². The highest BCUT2D eigenvalue weighted by Crippen LogP contribution is 2.34. The summed E-state index contributed by atoms with van der Waals surface area (Å²) in [6, 6.07) is 10.0. The predicted octanol–water partition coefficient (Wildman–Crippen LogP) is 1.82. The topological polar surface area (TPSA) is 124 Å². The zero-order valence-corrected chi connectivity index (χ0v) is 16.2. The van der Waals surface area contributed by atoms with E-state index < -0.39 is 10.0 Å². The molecule has 27 heavy (non-hydrogen) atoms. The van der Waals surface area contributed by atoms with Crippen molar-refractivity contribution in [3.63, 3.8) is 0 Å². The number of aromatic amines is 1. The van der Waals surface area contributed by atoms with Crippen molar-refractivity contribution in [1.82, 2.24) is 10.2 Å². The van der Waals surface area contributed by atoms with E-state index in [-0.39, 0.29) is 23.7 Å². The van der Waals surface area contributed by atoms with Crippen LogP contribution in [-0.2, 0) is 15.8 Å². The number of benzene rings is 2. The molecule has 10 heteroatoms. The number of nitrogens with zero attached hydrogens (tertiary/aromatic N) is 1. The van der Waals surface area contributed by atoms with Gasteiger partial charge in [-0.15, -0.1) is 12.4 Å². The number of nitrogens with one attached hydrogen (secondary N) is 1. The second kappa shape index (κ2) is 7.95. The summed E-state index contributed by atoms with van der Waals surface area (Å²) in [5.41, 5.74) is 1.44. The van der Waals surface area contributed by atoms with Gasteiger partial charge in [-0.1, -0.05) is 24.3 Å². The number of methoxy groups -OCH3 is 2. The molecule has 0 saturated heterocycles. The molecule has 0 amide bonds. The molecule has 1 heterocycles. The molecule has 0 fully saturated rings. The van der Waals surface area contributed by atoms with E-state index in [4.69, 9.17) is 14.6 Å². The predicted molar refractivity (Wildman–Crippen MR) is 105 cm³/mol. The van der Waals surface area contributed by atoms with Gasteiger partial charge in [0.15, 0.2) is 11.5 Å². The van der Waals surface area contributed by atoms with Crippen LogP contribution < -0.4 is 20.2 Å². The Balaban J connectivity index is 0.00000261. The van der Waals surface area contributed by atoms with Gasteiger partial charge in [0.25, 0.3) is 5.56 Å². The number of ether oxygens (including phenoxy) is 2. The first-order valence-corrected chi connectivity index (χ1v) is 9.28. The summed E-state index contributed by atoms with van der Waals surface area (Å²) in [4.78, 5) is 12.1. The third-order valence-electron chi connectivity index (χ3n) is 3.89. The number of nitrogens with two attached hydrogens (primary N) is 1. The van der Waals surface area contributed by atoms with Crippen LogP contribution in [-0.4, -0.2) is 32.8 Å². The van der Waals surface area contributed by atoms with Gasteiger partial charge in [-0.2, -0.15) is 5.10 Å². The lowest BCUT2D eigenvalue weighted by Gasteiger charge is -2.11. The van der Waals surface area contributed by atoms with E-state index >= 15 is 0 Å². The number of halogens is 1. The van der Waals surface area contributed by atoms with Gasteiger partial charge < -0.3 is 9.47 Å². The zero-order valence-electron chi connectivity index (χ0n) is 14.6. The van der Waals surface area contributed by atoms with Gasteiger partial charge in [-0.05, 0) is 17.7 Å². The van der Waals surface area contributed by atoms with Crippen LogP contribution in [0.4, 0.5) is 0 Å². The molecule has 0 saturated carbocycles. The molecule has 0 aliphatic rings. The fraction of sp³-hybridized carbons (Fsp3) is 0.176. The Labute approximate surface area is 161 Å². The average molecular weight is 412 g/mol. The van der Waals surface area contributed by atoms with Crippen LogP contribution in [0.5, 0.6) is 11.5 Å². The SMILES string of the molecule is COc1cc2c(-c3ccc(CS(N)(=O)=O)cc3)n[nH]c(=O)c2cc1OC.Cl. The van der Waals surface area contributed by atoms with E-state index in [1.807, 2.05) is 0 Å². The molecule has 0 radical (unpaired) electrons. The van der Waals surface area contributed by atoms with Crippen LogP contribution in [0.15, 0.2) is 41.2 Å². The molecule has 0 spiro atoms. The number of rotatable bonds is 5. The van der Waals surface area contributed by atoms with Crippen molar-refractivity contribution in [3.05, 3.63) is 52.3 Å². The second-order valence-electron chi connectivity index (χ2n) is 5.66. The van der Waals surface area contributed by atoms with E-state index in [0.29, 0.717) is 39.1 Å². The second-order valence-corrected chi connectivity index (χ2v) is 7.27. The Morgan fingerprint density at radius 1 is 1.04 bits per heavy atom. The summed E-state index contributed by atoms with van der Waals surface area (Å²) in [5, 5.41) is 12.7. The van der Waals surface area contributed by atoms with Crippen LogP contribution in [0.3, 0.4) is 0 Å². The summed E-state index contributed by atoms with van der Waals surface area (Å²) < 4.78 is 32.9. The Bertz CT molecular complexity index is 1130. The Kier molecular flexibility index (Phi) is 6.09. The summed E-state index contributed by atoms with van der Waals surface area (Å²) in [5.74, 6) is 0.656. The molecular formula is C17H18ClN3O5S. The highest BCUT2D eigenvalue weighted by Gasteiger charge is 2.14. The number of aromatic nitrogens is 2. The minimum absolute atomic E-state index is 0. The van der Waals surface area contributed by atoms with Gasteiger partial charge in [0.1, 0.15) is 0 Å². The molecule has 3 N–H and O–H groups in total. The van der Waals surface area contributed by atoms with Gasteiger partial charge in [-0.25, -0.2) is 18.7 Å². The quantitative estimate of drug-likeness (QED) is 0.659. The van der Waals surface area contributed by atoms with E-state index in [1.54, 1.807) is 36.4 Å². The van der Waals surface area contributed by atoms with Crippen molar-refractivity contribution < 1.29 is 17.9 Å². The number of primary sulfonamides is 1. The lowest BCUT2D eigenvalue weighted by atomic mass is 10.0. The Morgan fingerprint density at radius 3 is 2.11 bits per heavy atom. The fourth-order valence-corrected chi connectivity index (χ4v) is 3.36. The zero-order chi connectivity index (χ0) is 18.9. The molecule has 0 aliphatic carbocycles. The first kappa shape index (κ1) is 20.7. The first-order valence-electron chi connectivity index (χ1n) is 7.56. The molecule has 3 aromatic rings. The van der Waals surface area contributed by atoms with Crippen LogP contribution in [0.1, 0.15) is 5.56 Å². The van der Waals surface area contributed by atoms with Crippen molar-refractivity contribution in [2.24, 2.45) is 5.14 Å². The molecule has 1 aromatic heterocycles. The third-order valence-corrected chi connectivity index (χ3v) is 4.62. The molecule has 2 aromatic carbocycles. The van der Waals surface area contributed by atoms with Crippen LogP contribution in [0, 0.1) is 0 Å². The summed E-state index contributed by atoms with van der Waals surface area (Å²) in [6.45, 7) is 0. The standard InChI is InChI=1S/C17H17N3O5S.ClH/c1-24-14-7-12-13(8-15(14)25-2)17(21)20-19-16(12)11-5-3-10(4-6-11)9-26(18,22)23;/h3-8H,9H2,1-2H3,(H,20,21)(H2,18,22,23);1H. The summed E-state index contributed by atoms with van der Waals surface area (Å²) in [6.07, 6.45) is 0. The smallest absolute Gasteiger partial charge is 0.272 e. The average Bonchev–Trinajstić information content (AvgIpc) is 2.60. The molecule has 3 rings (SSSR count). The number of hydrogen-bond acceptors (Lipinski definition) is 6. The summed E-state index contributed by atoms with van der Waals surface area (Å²) in [7, 11) is -0.609. The van der Waals surface area contributed by atoms with E-state index in [0.717, 1.165) is 0 Å². The minimum atomic E-state index is -3.61. The van der Waals surface area contributed by atoms with Crippen molar-refractivity contribution in [2.75, 3.05) is 14.2 Å². The van der Waals surface area contributed by atoms with Crippen LogP contribution >= 0.6 is 12.4 Å². The van der Waals surface area contributed by atoms with Gasteiger partial charge in [0.05, 0.1) is 31.1 Å². The van der Waals surface area contributed by atoms with E-state index in [9.17, 15) is 13.2 Å². The molecule has 0 aliphatic heterocycles. The number of sulfonamides is 1. The minimum Gasteiger partial charge on any atom is -0.493 e. The van der Waals surface area contributed by atoms with Crippen LogP contribution in [0.25, 0.3) is 22.0 Å². The normalized spacial score (nSPS) is 11.1. The molecule has 0 bridgehead atoms. The molecule has 0 unspecified atom stereocenters. The number of H-pyrrole nitrogens is 1. The lowest BCUT2D eigenvalue weighted by Crippen LogP contribution is -2.14. The van der Waals surface area contributed by atoms with Gasteiger partial charge in [0.2, 0.25) is 10.0 Å². The largest absolute Gasteiger partial charge is 0.493 e. The molecule has 144 valence electrons. The van der Waals surface area contributed by atoms with Crippen molar-refractivity contribution >= 4 is 33.2 Å². The van der Waals surface area contributed by atoms with Gasteiger partial charge >= 0.3 is 0 Å². The fourth-order valence-electron chi connectivity index (χ4n) is 2.70. The van der Waals surface area contributed by atoms with Crippen LogP contribution in [0.2, 0.25) is 0 Å². The maximum Gasteiger partial charge on any atom is 0.272 e. The number of hydrogen-bond donors (Lipinski definition) is 2. The first-order chi connectivity index (χ1) is 12.3. The third kappa shape index (κ3) is 4.38. The highest BCUT2D eigenvalue weighted by molar-refractivity contribution is 7.88. The Morgan fingerprint density at radius 2 is 1.59 bits per heavy atom. The lowest BCUT2D eigenvalue weighted by molar-refractivity contribution is 0.356. The highest BCUT2D eigenvalue weighted by atomic mass is 35.5. The number of fused-ring (bicyclic) bond motifs is 1. The van der Waals surface area contributed by atoms with Crippen molar-refractivity contribution in [1.29, 1.82) is 0 Å². The molecule has 8 nitrogen and oxygen atoms in total. The Hall–Kier alpha value is -2.62.